The largest absolute Gasteiger partial charge is 0.477 e. The summed E-state index contributed by atoms with van der Waals surface area (Å²) in [6, 6.07) is -0.599. The maximum Gasteiger partial charge on any atom is 0.352 e. The van der Waals surface area contributed by atoms with E-state index in [1.54, 1.807) is 17.9 Å². The number of aliphatic hydroxyl groups excluding tert-OH is 1. The standard InChI is InChI=1S/C19H28N4O5S/c1-9-4-14(17(26)27)23-15(9)19(10(2)24,18(23)28)29-12-5-13(21(3)8-12)16(25)22-6-11(20)7-22/h4,9-13,15,24H,5-8,20H2,1-3H3,(H,26,27)/t9?,10?,12?,13?,15-,19?/m0/s1. The first-order valence-corrected chi connectivity index (χ1v) is 10.8. The van der Waals surface area contributed by atoms with Gasteiger partial charge in [0.1, 0.15) is 10.4 Å². The summed E-state index contributed by atoms with van der Waals surface area (Å²) < 4.78 is -1.09. The highest BCUT2D eigenvalue weighted by molar-refractivity contribution is 8.02. The van der Waals surface area contributed by atoms with Crippen LogP contribution >= 0.6 is 11.8 Å². The van der Waals surface area contributed by atoms with E-state index in [2.05, 4.69) is 0 Å². The molecule has 0 bridgehead atoms. The van der Waals surface area contributed by atoms with Crippen LogP contribution < -0.4 is 5.73 Å². The van der Waals surface area contributed by atoms with Crippen molar-refractivity contribution in [3.05, 3.63) is 11.8 Å². The number of fused-ring (bicyclic) bond motifs is 1. The Bertz CT molecular complexity index is 783. The van der Waals surface area contributed by atoms with Crippen molar-refractivity contribution in [2.45, 2.75) is 54.5 Å². The van der Waals surface area contributed by atoms with E-state index in [0.717, 1.165) is 0 Å². The molecule has 0 aromatic carbocycles. The van der Waals surface area contributed by atoms with Gasteiger partial charge in [-0.1, -0.05) is 6.92 Å². The van der Waals surface area contributed by atoms with Gasteiger partial charge in [-0.25, -0.2) is 4.79 Å². The minimum Gasteiger partial charge on any atom is -0.477 e. The molecular formula is C19H28N4O5S. The molecule has 0 aromatic heterocycles. The number of nitrogens with two attached hydrogens (primary N) is 1. The Balaban J connectivity index is 1.50. The molecule has 4 rings (SSSR count). The van der Waals surface area contributed by atoms with Crippen LogP contribution in [0.4, 0.5) is 0 Å². The van der Waals surface area contributed by atoms with Crippen molar-refractivity contribution in [1.82, 2.24) is 14.7 Å². The Morgan fingerprint density at radius 3 is 2.55 bits per heavy atom. The Morgan fingerprint density at radius 2 is 2.00 bits per heavy atom. The number of carbonyl (C=O) groups excluding carboxylic acids is 2. The molecule has 4 heterocycles. The molecule has 5 unspecified atom stereocenters. The summed E-state index contributed by atoms with van der Waals surface area (Å²) in [6.07, 6.45) is 1.25. The van der Waals surface area contributed by atoms with Gasteiger partial charge in [0.2, 0.25) is 11.8 Å². The zero-order valence-electron chi connectivity index (χ0n) is 16.8. The van der Waals surface area contributed by atoms with Crippen molar-refractivity contribution < 1.29 is 24.6 Å². The monoisotopic (exact) mass is 424 g/mol. The number of nitrogens with zero attached hydrogens (tertiary/aromatic N) is 3. The second-order valence-electron chi connectivity index (χ2n) is 8.74. The van der Waals surface area contributed by atoms with Crippen LogP contribution in [0.2, 0.25) is 0 Å². The first kappa shape index (κ1) is 20.6. The highest BCUT2D eigenvalue weighted by Gasteiger charge is 2.69. The molecule has 3 fully saturated rings. The third-order valence-electron chi connectivity index (χ3n) is 6.67. The third kappa shape index (κ3) is 2.91. The average molecular weight is 425 g/mol. The molecule has 3 saturated heterocycles. The number of carbonyl (C=O) groups is 3. The van der Waals surface area contributed by atoms with Gasteiger partial charge in [-0.2, -0.15) is 0 Å². The van der Waals surface area contributed by atoms with Gasteiger partial charge < -0.3 is 20.8 Å². The van der Waals surface area contributed by atoms with Crippen LogP contribution in [-0.4, -0.2) is 104 Å². The lowest BCUT2D eigenvalue weighted by Crippen LogP contribution is -2.76. The van der Waals surface area contributed by atoms with Crippen molar-refractivity contribution in [3.63, 3.8) is 0 Å². The molecular weight excluding hydrogens is 396 g/mol. The Labute approximate surface area is 173 Å². The average Bonchev–Trinajstić information content (AvgIpc) is 3.14. The minimum atomic E-state index is -1.13. The van der Waals surface area contributed by atoms with Crippen molar-refractivity contribution in [2.24, 2.45) is 11.7 Å². The molecule has 29 heavy (non-hydrogen) atoms. The van der Waals surface area contributed by atoms with Crippen molar-refractivity contribution in [2.75, 3.05) is 26.7 Å². The zero-order chi connectivity index (χ0) is 21.2. The van der Waals surface area contributed by atoms with Gasteiger partial charge in [-0.15, -0.1) is 11.8 Å². The van der Waals surface area contributed by atoms with E-state index in [9.17, 15) is 24.6 Å². The van der Waals surface area contributed by atoms with Gasteiger partial charge >= 0.3 is 5.97 Å². The number of likely N-dealkylation sites (tertiary alicyclic amines) is 2. The van der Waals surface area contributed by atoms with Crippen molar-refractivity contribution in [3.8, 4) is 0 Å². The van der Waals surface area contributed by atoms with Crippen LogP contribution in [-0.2, 0) is 14.4 Å². The Kier molecular flexibility index (Phi) is 4.96. The van der Waals surface area contributed by atoms with Crippen LogP contribution in [0.3, 0.4) is 0 Å². The lowest BCUT2D eigenvalue weighted by Gasteiger charge is -2.56. The lowest BCUT2D eigenvalue weighted by atomic mass is 9.78. The number of aliphatic hydroxyl groups is 1. The molecule has 9 nitrogen and oxygen atoms in total. The molecule has 0 saturated carbocycles. The molecule has 4 aliphatic rings. The fourth-order valence-electron chi connectivity index (χ4n) is 5.20. The molecule has 6 atom stereocenters. The van der Waals surface area contributed by atoms with E-state index < -0.39 is 16.8 Å². The van der Waals surface area contributed by atoms with E-state index in [4.69, 9.17) is 5.73 Å². The molecule has 4 N–H and O–H groups in total. The maximum absolute atomic E-state index is 13.1. The van der Waals surface area contributed by atoms with Crippen LogP contribution in [0, 0.1) is 5.92 Å². The summed E-state index contributed by atoms with van der Waals surface area (Å²) in [5, 5.41) is 20.0. The van der Waals surface area contributed by atoms with Gasteiger partial charge in [-0.05, 0) is 32.4 Å². The first-order chi connectivity index (χ1) is 13.6. The normalized spacial score (nSPS) is 38.4. The molecule has 0 radical (unpaired) electrons. The fraction of sp³-hybridized carbons (Fsp3) is 0.737. The molecule has 0 aliphatic carbocycles. The van der Waals surface area contributed by atoms with Crippen LogP contribution in [0.25, 0.3) is 0 Å². The number of amides is 2. The van der Waals surface area contributed by atoms with Gasteiger partial charge in [0.15, 0.2) is 0 Å². The molecule has 0 aromatic rings. The van der Waals surface area contributed by atoms with E-state index >= 15 is 0 Å². The highest BCUT2D eigenvalue weighted by atomic mass is 32.2. The van der Waals surface area contributed by atoms with E-state index in [-0.39, 0.29) is 46.8 Å². The molecule has 0 spiro atoms. The minimum absolute atomic E-state index is 0.00454. The second kappa shape index (κ2) is 6.97. The first-order valence-electron chi connectivity index (χ1n) is 9.97. The quantitative estimate of drug-likeness (QED) is 0.475. The molecule has 10 heteroatoms. The van der Waals surface area contributed by atoms with E-state index in [0.29, 0.717) is 26.1 Å². The van der Waals surface area contributed by atoms with Gasteiger partial charge in [0.25, 0.3) is 0 Å². The number of likely N-dealkylation sites (N-methyl/N-ethyl adjacent to an activating group) is 1. The molecule has 160 valence electrons. The van der Waals surface area contributed by atoms with Crippen LogP contribution in [0.1, 0.15) is 20.3 Å². The number of β-lactam (4-membered cyclic amide) rings is 1. The summed E-state index contributed by atoms with van der Waals surface area (Å²) in [4.78, 5) is 42.4. The zero-order valence-corrected chi connectivity index (χ0v) is 17.6. The Hall–Kier alpha value is -1.62. The number of hydrogen-bond donors (Lipinski definition) is 3. The van der Waals surface area contributed by atoms with Crippen molar-refractivity contribution >= 4 is 29.5 Å². The second-order valence-corrected chi connectivity index (χ2v) is 10.3. The van der Waals surface area contributed by atoms with E-state index in [1.165, 1.54) is 16.7 Å². The van der Waals surface area contributed by atoms with Crippen molar-refractivity contribution in [1.29, 1.82) is 0 Å². The maximum atomic E-state index is 13.1. The summed E-state index contributed by atoms with van der Waals surface area (Å²) >= 11 is 1.41. The molecule has 4 aliphatic heterocycles. The highest BCUT2D eigenvalue weighted by Crippen LogP contribution is 2.55. The lowest BCUT2D eigenvalue weighted by molar-refractivity contribution is -0.158. The third-order valence-corrected chi connectivity index (χ3v) is 8.49. The number of hydrogen-bond acceptors (Lipinski definition) is 7. The number of rotatable bonds is 5. The predicted octanol–water partition coefficient (Wildman–Crippen LogP) is -1.09. The number of thioether (sulfide) groups is 1. The summed E-state index contributed by atoms with van der Waals surface area (Å²) in [5.41, 5.74) is 5.79. The fourth-order valence-corrected chi connectivity index (χ4v) is 7.19. The molecule has 2 amide bonds. The number of aliphatic carboxylic acids is 1. The number of carboxylic acid groups (broad SMARTS) is 1. The summed E-state index contributed by atoms with van der Waals surface area (Å²) in [6.45, 7) is 5.25. The SMILES string of the molecule is CC1C=C(C(=O)O)N2C(=O)C(SC3CC(C(=O)N4CC(N)C4)N(C)C3)(C(C)O)[C@H]12. The van der Waals surface area contributed by atoms with Gasteiger partial charge in [0.05, 0.1) is 18.2 Å². The van der Waals surface area contributed by atoms with Gasteiger partial charge in [0, 0.05) is 30.9 Å². The summed E-state index contributed by atoms with van der Waals surface area (Å²) in [5.74, 6) is -1.59. The Morgan fingerprint density at radius 1 is 1.34 bits per heavy atom. The predicted molar refractivity (Wildman–Crippen MR) is 107 cm³/mol. The summed E-state index contributed by atoms with van der Waals surface area (Å²) in [7, 11) is 1.90. The number of carboxylic acids is 1. The smallest absolute Gasteiger partial charge is 0.352 e. The topological polar surface area (TPSA) is 127 Å². The van der Waals surface area contributed by atoms with Crippen LogP contribution in [0.5, 0.6) is 0 Å². The van der Waals surface area contributed by atoms with Crippen LogP contribution in [0.15, 0.2) is 11.8 Å². The van der Waals surface area contributed by atoms with Gasteiger partial charge in [-0.3, -0.25) is 19.4 Å². The van der Waals surface area contributed by atoms with E-state index in [1.807, 2.05) is 18.9 Å².